The minimum Gasteiger partial charge on any atom is -0.463 e. The van der Waals surface area contributed by atoms with Crippen molar-refractivity contribution in [1.29, 1.82) is 0 Å². The number of ether oxygens (including phenoxy) is 1. The van der Waals surface area contributed by atoms with Crippen LogP contribution in [-0.2, 0) is 16.0 Å². The highest BCUT2D eigenvalue weighted by Gasteiger charge is 2.39. The number of allylic oxidation sites excluding steroid dienone is 2. The van der Waals surface area contributed by atoms with Gasteiger partial charge in [-0.1, -0.05) is 48.6 Å². The molecule has 1 heterocycles. The molecule has 1 aliphatic carbocycles. The zero-order valence-electron chi connectivity index (χ0n) is 21.3. The largest absolute Gasteiger partial charge is 0.463 e. The van der Waals surface area contributed by atoms with Crippen LogP contribution >= 0.6 is 11.3 Å². The van der Waals surface area contributed by atoms with Crippen LogP contribution < -0.4 is 0 Å². The van der Waals surface area contributed by atoms with E-state index < -0.39 is 18.3 Å². The first-order valence-corrected chi connectivity index (χ1v) is 14.0. The number of aliphatic hydroxyl groups is 3. The standard InChI is InChI=1S/C30H40O5S/c1-21(2)35-30(34)11-6-4-3-5-10-26-27(29(33)19-28(26)32)15-14-25(31)13-12-22-8-7-9-23(18-22)24-16-17-36-20-24/h3,5,7-9,14-18,20-21,25-29,31-33H,4,6,10-13,19H2,1-2H3/b5-3-,15-14+/t25-,26+,27+,28-,29+/m0/s1. The van der Waals surface area contributed by atoms with Gasteiger partial charge in [0, 0.05) is 18.8 Å². The van der Waals surface area contributed by atoms with Gasteiger partial charge in [0.05, 0.1) is 24.4 Å². The number of thiophene rings is 1. The van der Waals surface area contributed by atoms with Gasteiger partial charge in [0.1, 0.15) is 0 Å². The number of hydrogen-bond acceptors (Lipinski definition) is 6. The Morgan fingerprint density at radius 1 is 1.17 bits per heavy atom. The molecule has 2 aromatic rings. The third-order valence-electron chi connectivity index (χ3n) is 6.68. The second kappa shape index (κ2) is 14.5. The summed E-state index contributed by atoms with van der Waals surface area (Å²) in [6.45, 7) is 3.68. The Hall–Kier alpha value is -2.25. The molecule has 5 atom stereocenters. The van der Waals surface area contributed by atoms with Crippen LogP contribution in [0.5, 0.6) is 0 Å². The van der Waals surface area contributed by atoms with E-state index in [4.69, 9.17) is 4.74 Å². The van der Waals surface area contributed by atoms with E-state index in [-0.39, 0.29) is 23.9 Å². The van der Waals surface area contributed by atoms with Crippen molar-refractivity contribution in [1.82, 2.24) is 0 Å². The number of benzene rings is 1. The van der Waals surface area contributed by atoms with Crippen molar-refractivity contribution in [3.8, 4) is 11.1 Å². The smallest absolute Gasteiger partial charge is 0.306 e. The molecule has 0 bridgehead atoms. The highest BCUT2D eigenvalue weighted by Crippen LogP contribution is 2.36. The van der Waals surface area contributed by atoms with Crippen LogP contribution in [0.4, 0.5) is 0 Å². The topological polar surface area (TPSA) is 87.0 Å². The van der Waals surface area contributed by atoms with Crippen LogP contribution in [0.1, 0.15) is 57.9 Å². The fourth-order valence-electron chi connectivity index (χ4n) is 4.77. The summed E-state index contributed by atoms with van der Waals surface area (Å²) in [5.74, 6) is -0.457. The van der Waals surface area contributed by atoms with Crippen LogP contribution in [0, 0.1) is 11.8 Å². The number of unbranched alkanes of at least 4 members (excludes halogenated alkanes) is 1. The zero-order valence-corrected chi connectivity index (χ0v) is 22.1. The van der Waals surface area contributed by atoms with E-state index in [0.717, 1.165) is 19.3 Å². The van der Waals surface area contributed by atoms with Crippen LogP contribution in [0.15, 0.2) is 65.4 Å². The Balaban J connectivity index is 1.45. The Labute approximate surface area is 219 Å². The third kappa shape index (κ3) is 9.00. The maximum Gasteiger partial charge on any atom is 0.306 e. The van der Waals surface area contributed by atoms with Gasteiger partial charge in [-0.2, -0.15) is 11.3 Å². The number of hydrogen-bond donors (Lipinski definition) is 3. The first kappa shape index (κ1) is 28.3. The summed E-state index contributed by atoms with van der Waals surface area (Å²) in [6, 6.07) is 10.5. The molecule has 0 amide bonds. The average Bonchev–Trinajstić information content (AvgIpc) is 3.46. The van der Waals surface area contributed by atoms with E-state index in [9.17, 15) is 20.1 Å². The lowest BCUT2D eigenvalue weighted by atomic mass is 9.89. The van der Waals surface area contributed by atoms with Gasteiger partial charge in [0.25, 0.3) is 0 Å². The van der Waals surface area contributed by atoms with Gasteiger partial charge in [-0.15, -0.1) is 0 Å². The molecule has 36 heavy (non-hydrogen) atoms. The third-order valence-corrected chi connectivity index (χ3v) is 7.36. The molecular formula is C30H40O5S. The lowest BCUT2D eigenvalue weighted by Crippen LogP contribution is -2.20. The second-order valence-electron chi connectivity index (χ2n) is 9.95. The van der Waals surface area contributed by atoms with Gasteiger partial charge in [0.2, 0.25) is 0 Å². The van der Waals surface area contributed by atoms with Crippen molar-refractivity contribution in [2.45, 2.75) is 83.2 Å². The Morgan fingerprint density at radius 2 is 2.00 bits per heavy atom. The Bertz CT molecular complexity index is 981. The molecule has 196 valence electrons. The molecule has 0 saturated heterocycles. The maximum absolute atomic E-state index is 11.6. The summed E-state index contributed by atoms with van der Waals surface area (Å²) >= 11 is 1.68. The van der Waals surface area contributed by atoms with E-state index >= 15 is 0 Å². The molecule has 1 aromatic heterocycles. The minimum absolute atomic E-state index is 0.0885. The molecule has 3 rings (SSSR count). The molecule has 1 aliphatic rings. The predicted octanol–water partition coefficient (Wildman–Crippen LogP) is 5.69. The van der Waals surface area contributed by atoms with Crippen molar-refractivity contribution in [2.75, 3.05) is 0 Å². The van der Waals surface area contributed by atoms with E-state index in [1.807, 2.05) is 32.1 Å². The van der Waals surface area contributed by atoms with Crippen LogP contribution in [0.2, 0.25) is 0 Å². The number of esters is 1. The molecule has 6 heteroatoms. The van der Waals surface area contributed by atoms with E-state index in [1.165, 1.54) is 16.7 Å². The first-order valence-electron chi connectivity index (χ1n) is 13.0. The Kier molecular flexibility index (Phi) is 11.4. The molecule has 0 spiro atoms. The number of rotatable bonds is 13. The van der Waals surface area contributed by atoms with Crippen LogP contribution in [0.3, 0.4) is 0 Å². The number of carbonyl (C=O) groups excluding carboxylic acids is 1. The zero-order chi connectivity index (χ0) is 25.9. The SMILES string of the molecule is CC(C)OC(=O)CCC/C=C\C[C@@H]1[C@@H](/C=C/[C@@H](O)CCc2cccc(-c3ccsc3)c2)[C@H](O)C[C@@H]1O. The minimum atomic E-state index is -0.616. The van der Waals surface area contributed by atoms with Crippen molar-refractivity contribution in [2.24, 2.45) is 11.8 Å². The molecule has 3 N–H and O–H groups in total. The van der Waals surface area contributed by atoms with Crippen molar-refractivity contribution in [3.05, 3.63) is 71.0 Å². The molecular weight excluding hydrogens is 472 g/mol. The molecule has 1 aromatic carbocycles. The van der Waals surface area contributed by atoms with Gasteiger partial charge in [-0.25, -0.2) is 0 Å². The summed E-state index contributed by atoms with van der Waals surface area (Å²) in [4.78, 5) is 11.6. The van der Waals surface area contributed by atoms with E-state index in [2.05, 4.69) is 41.1 Å². The maximum atomic E-state index is 11.6. The van der Waals surface area contributed by atoms with Crippen LogP contribution in [0.25, 0.3) is 11.1 Å². The average molecular weight is 513 g/mol. The lowest BCUT2D eigenvalue weighted by Gasteiger charge is -2.19. The predicted molar refractivity (Wildman–Crippen MR) is 146 cm³/mol. The van der Waals surface area contributed by atoms with E-state index in [0.29, 0.717) is 25.7 Å². The molecule has 0 aliphatic heterocycles. The van der Waals surface area contributed by atoms with Crippen LogP contribution in [-0.4, -0.2) is 45.7 Å². The van der Waals surface area contributed by atoms with Gasteiger partial charge < -0.3 is 20.1 Å². The van der Waals surface area contributed by atoms with Gasteiger partial charge in [0.15, 0.2) is 0 Å². The fourth-order valence-corrected chi connectivity index (χ4v) is 5.43. The number of aryl methyl sites for hydroxylation is 1. The van der Waals surface area contributed by atoms with Gasteiger partial charge in [-0.05, 0) is 85.4 Å². The number of carbonyl (C=O) groups is 1. The first-order chi connectivity index (χ1) is 17.3. The summed E-state index contributed by atoms with van der Waals surface area (Å²) in [7, 11) is 0. The van der Waals surface area contributed by atoms with Crippen molar-refractivity contribution < 1.29 is 24.9 Å². The quantitative estimate of drug-likeness (QED) is 0.182. The van der Waals surface area contributed by atoms with Gasteiger partial charge in [-0.3, -0.25) is 4.79 Å². The van der Waals surface area contributed by atoms with Gasteiger partial charge >= 0.3 is 5.97 Å². The summed E-state index contributed by atoms with van der Waals surface area (Å²) in [5, 5.41) is 35.7. The Morgan fingerprint density at radius 3 is 2.75 bits per heavy atom. The summed E-state index contributed by atoms with van der Waals surface area (Å²) < 4.78 is 5.14. The number of aliphatic hydroxyl groups excluding tert-OH is 3. The highest BCUT2D eigenvalue weighted by atomic mass is 32.1. The molecule has 5 nitrogen and oxygen atoms in total. The fraction of sp³-hybridized carbons (Fsp3) is 0.500. The molecule has 1 saturated carbocycles. The highest BCUT2D eigenvalue weighted by molar-refractivity contribution is 7.08. The summed E-state index contributed by atoms with van der Waals surface area (Å²) in [6.07, 6.45) is 10.1. The lowest BCUT2D eigenvalue weighted by molar-refractivity contribution is -0.147. The second-order valence-corrected chi connectivity index (χ2v) is 10.7. The molecule has 0 radical (unpaired) electrons. The summed E-state index contributed by atoms with van der Waals surface area (Å²) in [5.41, 5.74) is 3.58. The van der Waals surface area contributed by atoms with Crippen molar-refractivity contribution >= 4 is 17.3 Å². The molecule has 0 unspecified atom stereocenters. The van der Waals surface area contributed by atoms with E-state index in [1.54, 1.807) is 17.4 Å². The molecule has 1 fully saturated rings. The normalized spacial score (nSPS) is 23.2. The monoisotopic (exact) mass is 512 g/mol. The van der Waals surface area contributed by atoms with Crippen molar-refractivity contribution in [3.63, 3.8) is 0 Å².